The molecule has 1 rings (SSSR count). The Bertz CT molecular complexity index is 372. The number of nitro groups is 1. The summed E-state index contributed by atoms with van der Waals surface area (Å²) in [7, 11) is 0. The van der Waals surface area contributed by atoms with Gasteiger partial charge in [-0.1, -0.05) is 24.3 Å². The zero-order valence-electron chi connectivity index (χ0n) is 7.93. The highest BCUT2D eigenvalue weighted by molar-refractivity contribution is 5.54. The van der Waals surface area contributed by atoms with Gasteiger partial charge in [-0.05, 0) is 11.1 Å². The SMILES string of the molecule is C/C(=C\c1ccccc1CN)[N+](=O)[O-]. The largest absolute Gasteiger partial charge is 0.326 e. The Morgan fingerprint density at radius 1 is 1.57 bits per heavy atom. The topological polar surface area (TPSA) is 69.2 Å². The lowest BCUT2D eigenvalue weighted by Gasteiger charge is -2.01. The Balaban J connectivity index is 3.07. The molecule has 0 aromatic heterocycles. The molecule has 1 aromatic carbocycles. The summed E-state index contributed by atoms with van der Waals surface area (Å²) in [6, 6.07) is 7.37. The number of hydrogen-bond acceptors (Lipinski definition) is 3. The summed E-state index contributed by atoms with van der Waals surface area (Å²) >= 11 is 0. The summed E-state index contributed by atoms with van der Waals surface area (Å²) in [6.07, 6.45) is 1.53. The molecule has 1 aromatic rings. The number of hydrogen-bond donors (Lipinski definition) is 1. The van der Waals surface area contributed by atoms with Crippen LogP contribution < -0.4 is 5.73 Å². The van der Waals surface area contributed by atoms with Crippen molar-refractivity contribution in [3.05, 3.63) is 51.2 Å². The molecule has 4 heteroatoms. The van der Waals surface area contributed by atoms with E-state index in [0.717, 1.165) is 11.1 Å². The van der Waals surface area contributed by atoms with E-state index in [2.05, 4.69) is 0 Å². The maximum Gasteiger partial charge on any atom is 0.243 e. The van der Waals surface area contributed by atoms with E-state index in [4.69, 9.17) is 5.73 Å². The number of benzene rings is 1. The van der Waals surface area contributed by atoms with Gasteiger partial charge < -0.3 is 5.73 Å². The molecule has 0 aliphatic rings. The molecular weight excluding hydrogens is 180 g/mol. The minimum atomic E-state index is -0.409. The van der Waals surface area contributed by atoms with Crippen LogP contribution in [0.1, 0.15) is 18.1 Å². The van der Waals surface area contributed by atoms with Gasteiger partial charge in [-0.25, -0.2) is 0 Å². The molecule has 0 saturated carbocycles. The van der Waals surface area contributed by atoms with Crippen molar-refractivity contribution in [2.24, 2.45) is 5.73 Å². The maximum atomic E-state index is 10.4. The zero-order valence-corrected chi connectivity index (χ0v) is 7.93. The van der Waals surface area contributed by atoms with Crippen LogP contribution in [0.25, 0.3) is 6.08 Å². The van der Waals surface area contributed by atoms with E-state index in [0.29, 0.717) is 6.54 Å². The molecule has 0 spiro atoms. The summed E-state index contributed by atoms with van der Waals surface area (Å²) in [5.74, 6) is 0. The van der Waals surface area contributed by atoms with E-state index in [-0.39, 0.29) is 5.70 Å². The Labute approximate surface area is 82.2 Å². The molecular formula is C10H12N2O2. The van der Waals surface area contributed by atoms with E-state index in [1.807, 2.05) is 24.3 Å². The van der Waals surface area contributed by atoms with Crippen LogP contribution in [-0.2, 0) is 6.54 Å². The third kappa shape index (κ3) is 2.40. The van der Waals surface area contributed by atoms with Gasteiger partial charge in [-0.15, -0.1) is 0 Å². The summed E-state index contributed by atoms with van der Waals surface area (Å²) < 4.78 is 0. The van der Waals surface area contributed by atoms with Crippen LogP contribution in [0.5, 0.6) is 0 Å². The van der Waals surface area contributed by atoms with Crippen molar-refractivity contribution in [1.29, 1.82) is 0 Å². The summed E-state index contributed by atoms with van der Waals surface area (Å²) in [5, 5.41) is 10.4. The van der Waals surface area contributed by atoms with Crippen LogP contribution in [0.15, 0.2) is 30.0 Å². The summed E-state index contributed by atoms with van der Waals surface area (Å²) in [6.45, 7) is 1.85. The van der Waals surface area contributed by atoms with Crippen LogP contribution in [0.4, 0.5) is 0 Å². The Hall–Kier alpha value is -1.68. The van der Waals surface area contributed by atoms with Crippen LogP contribution in [0.3, 0.4) is 0 Å². The first kappa shape index (κ1) is 10.4. The van der Waals surface area contributed by atoms with Gasteiger partial charge in [0.2, 0.25) is 5.70 Å². The van der Waals surface area contributed by atoms with E-state index < -0.39 is 4.92 Å². The molecule has 14 heavy (non-hydrogen) atoms. The van der Waals surface area contributed by atoms with Gasteiger partial charge in [0.15, 0.2) is 0 Å². The maximum absolute atomic E-state index is 10.4. The smallest absolute Gasteiger partial charge is 0.243 e. The normalized spacial score (nSPS) is 11.4. The highest BCUT2D eigenvalue weighted by Gasteiger charge is 2.04. The van der Waals surface area contributed by atoms with E-state index >= 15 is 0 Å². The number of rotatable bonds is 3. The molecule has 0 unspecified atom stereocenters. The average molecular weight is 192 g/mol. The van der Waals surface area contributed by atoms with Crippen LogP contribution >= 0.6 is 0 Å². The zero-order chi connectivity index (χ0) is 10.6. The quantitative estimate of drug-likeness (QED) is 0.586. The molecule has 0 heterocycles. The second-order valence-electron chi connectivity index (χ2n) is 2.95. The van der Waals surface area contributed by atoms with Gasteiger partial charge in [0, 0.05) is 19.5 Å². The van der Waals surface area contributed by atoms with E-state index in [1.165, 1.54) is 13.0 Å². The lowest BCUT2D eigenvalue weighted by Crippen LogP contribution is -2.00. The second kappa shape index (κ2) is 4.53. The van der Waals surface area contributed by atoms with Crippen molar-refractivity contribution in [2.45, 2.75) is 13.5 Å². The first-order valence-corrected chi connectivity index (χ1v) is 4.26. The molecule has 0 aliphatic heterocycles. The van der Waals surface area contributed by atoms with Crippen LogP contribution in [0, 0.1) is 10.1 Å². The number of allylic oxidation sites excluding steroid dienone is 1. The summed E-state index contributed by atoms with van der Waals surface area (Å²) in [4.78, 5) is 10.00. The molecule has 0 amide bonds. The van der Waals surface area contributed by atoms with Crippen molar-refractivity contribution in [2.75, 3.05) is 0 Å². The highest BCUT2D eigenvalue weighted by Crippen LogP contribution is 2.12. The predicted octanol–water partition coefficient (Wildman–Crippen LogP) is 1.78. The average Bonchev–Trinajstić information content (AvgIpc) is 2.18. The lowest BCUT2D eigenvalue weighted by atomic mass is 10.1. The Morgan fingerprint density at radius 2 is 2.21 bits per heavy atom. The molecule has 0 radical (unpaired) electrons. The second-order valence-corrected chi connectivity index (χ2v) is 2.95. The summed E-state index contributed by atoms with van der Waals surface area (Å²) in [5.41, 5.74) is 7.34. The number of nitrogens with two attached hydrogens (primary N) is 1. The fourth-order valence-corrected chi connectivity index (χ4v) is 1.14. The highest BCUT2D eigenvalue weighted by atomic mass is 16.6. The standard InChI is InChI=1S/C10H12N2O2/c1-8(12(13)14)6-9-4-2-3-5-10(9)7-11/h2-6H,7,11H2,1H3/b8-6+. The molecule has 4 nitrogen and oxygen atoms in total. The van der Waals surface area contributed by atoms with Gasteiger partial charge in [0.05, 0.1) is 4.92 Å². The van der Waals surface area contributed by atoms with Crippen molar-refractivity contribution in [1.82, 2.24) is 0 Å². The Morgan fingerprint density at radius 3 is 2.79 bits per heavy atom. The number of nitrogens with zero attached hydrogens (tertiary/aromatic N) is 1. The molecule has 2 N–H and O–H groups in total. The van der Waals surface area contributed by atoms with Crippen molar-refractivity contribution < 1.29 is 4.92 Å². The fraction of sp³-hybridized carbons (Fsp3) is 0.200. The molecule has 0 saturated heterocycles. The van der Waals surface area contributed by atoms with Crippen molar-refractivity contribution in [3.8, 4) is 0 Å². The fourth-order valence-electron chi connectivity index (χ4n) is 1.14. The molecule has 0 bridgehead atoms. The molecule has 0 atom stereocenters. The van der Waals surface area contributed by atoms with Gasteiger partial charge in [0.25, 0.3) is 0 Å². The van der Waals surface area contributed by atoms with Crippen molar-refractivity contribution >= 4 is 6.08 Å². The van der Waals surface area contributed by atoms with E-state index in [1.54, 1.807) is 0 Å². The minimum absolute atomic E-state index is 0.117. The Kier molecular flexibility index (Phi) is 3.36. The molecule has 0 aliphatic carbocycles. The van der Waals surface area contributed by atoms with E-state index in [9.17, 15) is 10.1 Å². The van der Waals surface area contributed by atoms with Crippen molar-refractivity contribution in [3.63, 3.8) is 0 Å². The molecule has 0 fully saturated rings. The predicted molar refractivity (Wildman–Crippen MR) is 55.0 cm³/mol. The third-order valence-electron chi connectivity index (χ3n) is 1.93. The monoisotopic (exact) mass is 192 g/mol. The van der Waals surface area contributed by atoms with Gasteiger partial charge in [0.1, 0.15) is 0 Å². The van der Waals surface area contributed by atoms with Gasteiger partial charge in [-0.2, -0.15) is 0 Å². The molecule has 74 valence electrons. The third-order valence-corrected chi connectivity index (χ3v) is 1.93. The first-order chi connectivity index (χ1) is 6.65. The first-order valence-electron chi connectivity index (χ1n) is 4.26. The van der Waals surface area contributed by atoms with Gasteiger partial charge in [-0.3, -0.25) is 10.1 Å². The van der Waals surface area contributed by atoms with Crippen LogP contribution in [0.2, 0.25) is 0 Å². The van der Waals surface area contributed by atoms with Gasteiger partial charge >= 0.3 is 0 Å². The van der Waals surface area contributed by atoms with Crippen LogP contribution in [-0.4, -0.2) is 4.92 Å². The lowest BCUT2D eigenvalue weighted by molar-refractivity contribution is -0.422. The minimum Gasteiger partial charge on any atom is -0.326 e.